The maximum absolute atomic E-state index is 5.64. The van der Waals surface area contributed by atoms with Crippen molar-refractivity contribution in [2.24, 2.45) is 11.8 Å². The van der Waals surface area contributed by atoms with Crippen molar-refractivity contribution >= 4 is 5.69 Å². The molecule has 3 heteroatoms. The van der Waals surface area contributed by atoms with Crippen LogP contribution < -0.4 is 15.0 Å². The lowest BCUT2D eigenvalue weighted by Crippen LogP contribution is -2.28. The van der Waals surface area contributed by atoms with E-state index in [1.54, 1.807) is 0 Å². The van der Waals surface area contributed by atoms with Crippen molar-refractivity contribution in [3.63, 3.8) is 0 Å². The second-order valence-electron chi connectivity index (χ2n) is 6.50. The van der Waals surface area contributed by atoms with Gasteiger partial charge in [-0.1, -0.05) is 20.8 Å². The second kappa shape index (κ2) is 8.28. The lowest BCUT2D eigenvalue weighted by Gasteiger charge is -2.19. The first-order chi connectivity index (χ1) is 10.2. The van der Waals surface area contributed by atoms with Gasteiger partial charge in [-0.15, -0.1) is 0 Å². The Labute approximate surface area is 129 Å². The highest BCUT2D eigenvalue weighted by Crippen LogP contribution is 2.25. The molecule has 0 aromatic heterocycles. The van der Waals surface area contributed by atoms with Crippen LogP contribution in [0.15, 0.2) is 24.3 Å². The van der Waals surface area contributed by atoms with Gasteiger partial charge in [0, 0.05) is 18.8 Å². The fourth-order valence-electron chi connectivity index (χ4n) is 2.78. The lowest BCUT2D eigenvalue weighted by molar-refractivity contribution is 0.317. The summed E-state index contributed by atoms with van der Waals surface area (Å²) < 4.78 is 5.64. The van der Waals surface area contributed by atoms with E-state index in [4.69, 9.17) is 4.74 Å². The van der Waals surface area contributed by atoms with E-state index in [0.717, 1.165) is 43.7 Å². The molecule has 0 aliphatic carbocycles. The van der Waals surface area contributed by atoms with Gasteiger partial charge in [-0.2, -0.15) is 0 Å². The van der Waals surface area contributed by atoms with Crippen LogP contribution in [0.4, 0.5) is 5.69 Å². The first-order valence-corrected chi connectivity index (χ1v) is 8.37. The van der Waals surface area contributed by atoms with E-state index < -0.39 is 0 Å². The molecule has 1 atom stereocenters. The third kappa shape index (κ3) is 5.24. The average molecular weight is 290 g/mol. The summed E-state index contributed by atoms with van der Waals surface area (Å²) in [7, 11) is 0. The fraction of sp³-hybridized carbons (Fsp3) is 0.667. The van der Waals surface area contributed by atoms with E-state index in [2.05, 4.69) is 55.3 Å². The third-order valence-electron chi connectivity index (χ3n) is 3.95. The van der Waals surface area contributed by atoms with Gasteiger partial charge in [0.25, 0.3) is 0 Å². The van der Waals surface area contributed by atoms with Crippen LogP contribution in [-0.4, -0.2) is 32.8 Å². The van der Waals surface area contributed by atoms with Crippen molar-refractivity contribution in [3.05, 3.63) is 24.3 Å². The average Bonchev–Trinajstić information content (AvgIpc) is 2.94. The molecule has 0 bridgehead atoms. The minimum atomic E-state index is 0.734. The molecular formula is C18H30N2O. The van der Waals surface area contributed by atoms with E-state index in [9.17, 15) is 0 Å². The highest BCUT2D eigenvalue weighted by molar-refractivity contribution is 5.49. The molecule has 0 spiro atoms. The van der Waals surface area contributed by atoms with Gasteiger partial charge in [-0.05, 0) is 62.0 Å². The molecule has 1 saturated heterocycles. The molecule has 1 aromatic rings. The molecule has 1 aliphatic heterocycles. The number of nitrogens with zero attached hydrogens (tertiary/aromatic N) is 1. The standard InChI is InChI=1S/C18H30N2O/c1-4-11-21-18-7-5-17(6-8-18)20-10-9-16(14-20)13-19-12-15(2)3/h5-8,15-16,19H,4,9-14H2,1-3H3. The Morgan fingerprint density at radius 1 is 1.29 bits per heavy atom. The zero-order valence-corrected chi connectivity index (χ0v) is 13.8. The molecule has 118 valence electrons. The van der Waals surface area contributed by atoms with E-state index in [0.29, 0.717) is 0 Å². The highest BCUT2D eigenvalue weighted by atomic mass is 16.5. The van der Waals surface area contributed by atoms with Crippen molar-refractivity contribution in [3.8, 4) is 5.75 Å². The van der Waals surface area contributed by atoms with Crippen LogP contribution in [0.2, 0.25) is 0 Å². The summed E-state index contributed by atoms with van der Waals surface area (Å²) in [4.78, 5) is 2.49. The van der Waals surface area contributed by atoms with Gasteiger partial charge in [-0.3, -0.25) is 0 Å². The van der Waals surface area contributed by atoms with Crippen LogP contribution >= 0.6 is 0 Å². The molecule has 1 N–H and O–H groups in total. The fourth-order valence-corrected chi connectivity index (χ4v) is 2.78. The number of ether oxygens (including phenoxy) is 1. The first kappa shape index (κ1) is 16.2. The number of rotatable bonds is 8. The quantitative estimate of drug-likeness (QED) is 0.792. The van der Waals surface area contributed by atoms with Crippen molar-refractivity contribution in [1.82, 2.24) is 5.32 Å². The van der Waals surface area contributed by atoms with Crippen LogP contribution in [0.5, 0.6) is 5.75 Å². The van der Waals surface area contributed by atoms with Crippen LogP contribution in [-0.2, 0) is 0 Å². The largest absolute Gasteiger partial charge is 0.494 e. The number of hydrogen-bond acceptors (Lipinski definition) is 3. The Morgan fingerprint density at radius 3 is 2.71 bits per heavy atom. The molecule has 1 aliphatic rings. The van der Waals surface area contributed by atoms with Crippen molar-refractivity contribution < 1.29 is 4.74 Å². The normalized spacial score (nSPS) is 18.5. The summed E-state index contributed by atoms with van der Waals surface area (Å²) in [6.07, 6.45) is 2.35. The van der Waals surface area contributed by atoms with Gasteiger partial charge in [0.1, 0.15) is 5.75 Å². The maximum atomic E-state index is 5.64. The number of anilines is 1. The topological polar surface area (TPSA) is 24.5 Å². The monoisotopic (exact) mass is 290 g/mol. The van der Waals surface area contributed by atoms with Crippen LogP contribution in [0, 0.1) is 11.8 Å². The molecule has 2 rings (SSSR count). The number of nitrogens with one attached hydrogen (secondary N) is 1. The summed E-state index contributed by atoms with van der Waals surface area (Å²) in [5, 5.41) is 3.58. The predicted octanol–water partition coefficient (Wildman–Crippen LogP) is 3.55. The third-order valence-corrected chi connectivity index (χ3v) is 3.95. The minimum absolute atomic E-state index is 0.734. The molecule has 1 unspecified atom stereocenters. The van der Waals surface area contributed by atoms with E-state index >= 15 is 0 Å². The summed E-state index contributed by atoms with van der Waals surface area (Å²) in [6, 6.07) is 8.56. The van der Waals surface area contributed by atoms with E-state index in [1.807, 2.05) is 0 Å². The lowest BCUT2D eigenvalue weighted by atomic mass is 10.1. The molecular weight excluding hydrogens is 260 g/mol. The maximum Gasteiger partial charge on any atom is 0.119 e. The summed E-state index contributed by atoms with van der Waals surface area (Å²) in [5.74, 6) is 2.49. The summed E-state index contributed by atoms with van der Waals surface area (Å²) >= 11 is 0. The van der Waals surface area contributed by atoms with Crippen LogP contribution in [0.1, 0.15) is 33.6 Å². The van der Waals surface area contributed by atoms with Gasteiger partial charge in [0.05, 0.1) is 6.61 Å². The molecule has 0 amide bonds. The van der Waals surface area contributed by atoms with Crippen molar-refractivity contribution in [1.29, 1.82) is 0 Å². The molecule has 1 heterocycles. The van der Waals surface area contributed by atoms with Crippen LogP contribution in [0.25, 0.3) is 0 Å². The van der Waals surface area contributed by atoms with Gasteiger partial charge in [0.15, 0.2) is 0 Å². The Kier molecular flexibility index (Phi) is 6.37. The van der Waals surface area contributed by atoms with Crippen molar-refractivity contribution in [2.45, 2.75) is 33.6 Å². The zero-order chi connectivity index (χ0) is 15.1. The first-order valence-electron chi connectivity index (χ1n) is 8.37. The minimum Gasteiger partial charge on any atom is -0.494 e. The number of hydrogen-bond donors (Lipinski definition) is 1. The Balaban J connectivity index is 1.78. The molecule has 21 heavy (non-hydrogen) atoms. The van der Waals surface area contributed by atoms with Gasteiger partial charge < -0.3 is 15.0 Å². The Hall–Kier alpha value is -1.22. The Morgan fingerprint density at radius 2 is 2.05 bits per heavy atom. The number of benzene rings is 1. The SMILES string of the molecule is CCCOc1ccc(N2CCC(CNCC(C)C)C2)cc1. The molecule has 3 nitrogen and oxygen atoms in total. The smallest absolute Gasteiger partial charge is 0.119 e. The van der Waals surface area contributed by atoms with Crippen LogP contribution in [0.3, 0.4) is 0 Å². The molecule has 1 fully saturated rings. The van der Waals surface area contributed by atoms with Gasteiger partial charge >= 0.3 is 0 Å². The molecule has 0 saturated carbocycles. The summed E-state index contributed by atoms with van der Waals surface area (Å²) in [6.45, 7) is 12.1. The Bertz CT molecular complexity index is 402. The van der Waals surface area contributed by atoms with E-state index in [1.165, 1.54) is 25.2 Å². The second-order valence-corrected chi connectivity index (χ2v) is 6.50. The highest BCUT2D eigenvalue weighted by Gasteiger charge is 2.22. The predicted molar refractivity (Wildman–Crippen MR) is 90.3 cm³/mol. The molecule has 1 aromatic carbocycles. The van der Waals surface area contributed by atoms with Crippen molar-refractivity contribution in [2.75, 3.05) is 37.7 Å². The van der Waals surface area contributed by atoms with E-state index in [-0.39, 0.29) is 0 Å². The zero-order valence-electron chi connectivity index (χ0n) is 13.8. The summed E-state index contributed by atoms with van der Waals surface area (Å²) in [5.41, 5.74) is 1.32. The molecule has 0 radical (unpaired) electrons. The van der Waals surface area contributed by atoms with Gasteiger partial charge in [-0.25, -0.2) is 0 Å². The van der Waals surface area contributed by atoms with Gasteiger partial charge in [0.2, 0.25) is 0 Å².